The van der Waals surface area contributed by atoms with Crippen molar-refractivity contribution in [3.05, 3.63) is 35.9 Å². The van der Waals surface area contributed by atoms with E-state index in [0.717, 1.165) is 5.56 Å². The van der Waals surface area contributed by atoms with Crippen molar-refractivity contribution in [2.24, 2.45) is 16.7 Å². The Morgan fingerprint density at radius 3 is 1.89 bits per heavy atom. The molecule has 0 bridgehead atoms. The number of Topliss-reactive ketones (excluding diaryl/α,β-unsaturated/α-hetero) is 2. The largest absolute Gasteiger partial charge is 0.481 e. The average Bonchev–Trinajstić information content (AvgIpc) is 2.73. The first kappa shape index (κ1) is 32.0. The summed E-state index contributed by atoms with van der Waals surface area (Å²) in [7, 11) is 0. The van der Waals surface area contributed by atoms with Crippen LogP contribution in [0.2, 0.25) is 0 Å². The lowest BCUT2D eigenvalue weighted by Gasteiger charge is -2.43. The van der Waals surface area contributed by atoms with E-state index >= 15 is 0 Å². The molecule has 0 saturated carbocycles. The Hall–Kier alpha value is -2.05. The Balaban J connectivity index is 2.93. The molecule has 204 valence electrons. The molecule has 1 aromatic rings. The number of carboxylic acid groups (broad SMARTS) is 1. The number of carbonyl (C=O) groups is 3. The molecular weight excluding hydrogens is 456 g/mol. The monoisotopic (exact) mass is 504 g/mol. The molecule has 0 aliphatic rings. The zero-order chi connectivity index (χ0) is 27.9. The van der Waals surface area contributed by atoms with Gasteiger partial charge in [0.05, 0.1) is 23.0 Å². The number of rotatable bonds is 14. The highest BCUT2D eigenvalue weighted by atomic mass is 16.5. The summed E-state index contributed by atoms with van der Waals surface area (Å²) < 4.78 is 12.5. The van der Waals surface area contributed by atoms with Crippen molar-refractivity contribution < 1.29 is 29.0 Å². The Bertz CT molecular complexity index is 871. The van der Waals surface area contributed by atoms with Crippen molar-refractivity contribution in [3.63, 3.8) is 0 Å². The summed E-state index contributed by atoms with van der Waals surface area (Å²) in [5.41, 5.74) is -1.73. The van der Waals surface area contributed by atoms with Crippen LogP contribution in [-0.4, -0.2) is 46.6 Å². The van der Waals surface area contributed by atoms with Gasteiger partial charge in [-0.05, 0) is 53.0 Å². The maximum atomic E-state index is 13.8. The van der Waals surface area contributed by atoms with Crippen LogP contribution in [0.25, 0.3) is 0 Å². The fraction of sp³-hybridized carbons (Fsp3) is 0.700. The van der Waals surface area contributed by atoms with Crippen molar-refractivity contribution in [3.8, 4) is 0 Å². The van der Waals surface area contributed by atoms with E-state index in [1.165, 1.54) is 0 Å². The Morgan fingerprint density at radius 1 is 0.861 bits per heavy atom. The van der Waals surface area contributed by atoms with Crippen LogP contribution >= 0.6 is 0 Å². The fourth-order valence-electron chi connectivity index (χ4n) is 4.13. The van der Waals surface area contributed by atoms with E-state index in [1.54, 1.807) is 0 Å². The van der Waals surface area contributed by atoms with Crippen LogP contribution in [0.5, 0.6) is 0 Å². The number of carboxylic acids is 1. The first-order valence-electron chi connectivity index (χ1n) is 12.9. The van der Waals surface area contributed by atoms with Gasteiger partial charge in [0, 0.05) is 24.4 Å². The van der Waals surface area contributed by atoms with Gasteiger partial charge in [0.2, 0.25) is 0 Å². The van der Waals surface area contributed by atoms with Gasteiger partial charge in [-0.2, -0.15) is 0 Å². The standard InChI is InChI=1S/C30H48O6/c1-27(2,3)25(33)22(20-24(31)32)17-14-18-35-30(9,10)29(7,8)26(34)23(36-28(4,5)6)19-21-15-12-11-13-16-21/h11-13,15-16,22-23H,14,17-20H2,1-10H3,(H,31,32). The van der Waals surface area contributed by atoms with Gasteiger partial charge in [-0.15, -0.1) is 0 Å². The van der Waals surface area contributed by atoms with E-state index in [-0.39, 0.29) is 18.0 Å². The fourth-order valence-corrected chi connectivity index (χ4v) is 4.13. The number of benzene rings is 1. The highest BCUT2D eigenvalue weighted by Crippen LogP contribution is 2.38. The van der Waals surface area contributed by atoms with E-state index in [1.807, 2.05) is 99.6 Å². The first-order chi connectivity index (χ1) is 16.3. The molecular formula is C30H48O6. The second-order valence-electron chi connectivity index (χ2n) is 12.8. The Morgan fingerprint density at radius 2 is 1.42 bits per heavy atom. The van der Waals surface area contributed by atoms with Gasteiger partial charge in [0.1, 0.15) is 11.9 Å². The topological polar surface area (TPSA) is 89.9 Å². The van der Waals surface area contributed by atoms with Crippen LogP contribution in [0.3, 0.4) is 0 Å². The molecule has 0 aromatic heterocycles. The molecule has 1 rings (SSSR count). The van der Waals surface area contributed by atoms with Crippen LogP contribution in [0.15, 0.2) is 30.3 Å². The van der Waals surface area contributed by atoms with Gasteiger partial charge in [-0.3, -0.25) is 14.4 Å². The third-order valence-corrected chi connectivity index (χ3v) is 6.86. The van der Waals surface area contributed by atoms with Crippen molar-refractivity contribution in [2.45, 2.75) is 112 Å². The zero-order valence-electron chi connectivity index (χ0n) is 24.1. The molecule has 0 fully saturated rings. The SMILES string of the molecule is CC(C)(C)OC(Cc1ccccc1)C(=O)C(C)(C)C(C)(C)OCCCC(CC(=O)O)C(=O)C(C)(C)C. The number of ether oxygens (including phenoxy) is 2. The molecule has 2 atom stereocenters. The van der Waals surface area contributed by atoms with Crippen molar-refractivity contribution in [2.75, 3.05) is 6.61 Å². The van der Waals surface area contributed by atoms with E-state index in [2.05, 4.69) is 0 Å². The predicted molar refractivity (Wildman–Crippen MR) is 143 cm³/mol. The third-order valence-electron chi connectivity index (χ3n) is 6.86. The zero-order valence-corrected chi connectivity index (χ0v) is 24.1. The van der Waals surface area contributed by atoms with Gasteiger partial charge in [-0.1, -0.05) is 65.0 Å². The molecule has 6 nitrogen and oxygen atoms in total. The lowest BCUT2D eigenvalue weighted by atomic mass is 9.71. The minimum atomic E-state index is -0.978. The van der Waals surface area contributed by atoms with Gasteiger partial charge >= 0.3 is 5.97 Å². The highest BCUT2D eigenvalue weighted by molar-refractivity contribution is 5.90. The molecule has 0 amide bonds. The molecule has 6 heteroatoms. The number of aliphatic carboxylic acids is 1. The Labute approximate surface area is 218 Å². The van der Waals surface area contributed by atoms with Crippen molar-refractivity contribution >= 4 is 17.5 Å². The lowest BCUT2D eigenvalue weighted by molar-refractivity contribution is -0.167. The summed E-state index contributed by atoms with van der Waals surface area (Å²) in [5, 5.41) is 9.26. The van der Waals surface area contributed by atoms with Crippen molar-refractivity contribution in [1.29, 1.82) is 0 Å². The molecule has 0 aliphatic carbocycles. The normalized spacial score (nSPS) is 14.8. The highest BCUT2D eigenvalue weighted by Gasteiger charge is 2.47. The molecule has 0 aliphatic heterocycles. The van der Waals surface area contributed by atoms with Gasteiger partial charge in [0.25, 0.3) is 0 Å². The van der Waals surface area contributed by atoms with Gasteiger partial charge < -0.3 is 14.6 Å². The molecule has 1 aromatic carbocycles. The van der Waals surface area contributed by atoms with Crippen LogP contribution in [-0.2, 0) is 30.3 Å². The minimum Gasteiger partial charge on any atom is -0.481 e. The molecule has 0 radical (unpaired) electrons. The summed E-state index contributed by atoms with van der Waals surface area (Å²) >= 11 is 0. The smallest absolute Gasteiger partial charge is 0.304 e. The quantitative estimate of drug-likeness (QED) is 0.300. The summed E-state index contributed by atoms with van der Waals surface area (Å²) in [6.45, 7) is 19.1. The summed E-state index contributed by atoms with van der Waals surface area (Å²) in [6.07, 6.45) is 0.613. The van der Waals surface area contributed by atoms with Crippen molar-refractivity contribution in [1.82, 2.24) is 0 Å². The predicted octanol–water partition coefficient (Wildman–Crippen LogP) is 6.29. The number of carbonyl (C=O) groups excluding carboxylic acids is 2. The van der Waals surface area contributed by atoms with E-state index in [4.69, 9.17) is 9.47 Å². The number of hydrogen-bond acceptors (Lipinski definition) is 5. The molecule has 36 heavy (non-hydrogen) atoms. The molecule has 1 N–H and O–H groups in total. The average molecular weight is 505 g/mol. The van der Waals surface area contributed by atoms with Crippen LogP contribution < -0.4 is 0 Å². The van der Waals surface area contributed by atoms with Gasteiger partial charge in [0.15, 0.2) is 5.78 Å². The maximum absolute atomic E-state index is 13.8. The summed E-state index contributed by atoms with van der Waals surface area (Å²) in [4.78, 5) is 37.9. The van der Waals surface area contributed by atoms with Crippen LogP contribution in [0, 0.1) is 16.7 Å². The third kappa shape index (κ3) is 9.78. The summed E-state index contributed by atoms with van der Waals surface area (Å²) in [5.74, 6) is -1.62. The molecule has 0 spiro atoms. The van der Waals surface area contributed by atoms with Crippen LogP contribution in [0.4, 0.5) is 0 Å². The lowest BCUT2D eigenvalue weighted by Crippen LogP contribution is -2.53. The van der Waals surface area contributed by atoms with E-state index < -0.39 is 40.0 Å². The first-order valence-corrected chi connectivity index (χ1v) is 12.9. The van der Waals surface area contributed by atoms with E-state index in [0.29, 0.717) is 25.9 Å². The molecule has 2 unspecified atom stereocenters. The number of ketones is 2. The molecule has 0 saturated heterocycles. The minimum absolute atomic E-state index is 0.0297. The van der Waals surface area contributed by atoms with E-state index in [9.17, 15) is 19.5 Å². The Kier molecular flexibility index (Phi) is 11.1. The number of hydrogen-bond donors (Lipinski definition) is 1. The second-order valence-corrected chi connectivity index (χ2v) is 12.8. The summed E-state index contributed by atoms with van der Waals surface area (Å²) in [6, 6.07) is 9.84. The van der Waals surface area contributed by atoms with Gasteiger partial charge in [-0.25, -0.2) is 0 Å². The second kappa shape index (κ2) is 12.5. The maximum Gasteiger partial charge on any atom is 0.304 e. The molecule has 0 heterocycles. The van der Waals surface area contributed by atoms with Crippen LogP contribution in [0.1, 0.15) is 94.1 Å².